The Morgan fingerprint density at radius 2 is 1.50 bits per heavy atom. The van der Waals surface area contributed by atoms with E-state index in [9.17, 15) is 15.0 Å². The summed E-state index contributed by atoms with van der Waals surface area (Å²) in [5.41, 5.74) is 5.68. The maximum Gasteiger partial charge on any atom is 0.252 e. The first-order valence-corrected chi connectivity index (χ1v) is 10.6. The highest BCUT2D eigenvalue weighted by atomic mass is 16.3. The topological polar surface area (TPSA) is 86.8 Å². The summed E-state index contributed by atoms with van der Waals surface area (Å²) in [4.78, 5) is 18.6. The third-order valence-electron chi connectivity index (χ3n) is 5.91. The fraction of sp³-hybridized carbons (Fsp3) is 0.154. The predicted octanol–water partition coefficient (Wildman–Crippen LogP) is 1.66. The molecule has 0 aliphatic carbocycles. The van der Waals surface area contributed by atoms with Crippen LogP contribution in [0.4, 0.5) is 0 Å². The van der Waals surface area contributed by atoms with Gasteiger partial charge in [-0.25, -0.2) is 4.99 Å². The number of aromatic hydroxyl groups is 2. The minimum absolute atomic E-state index is 0.0228. The van der Waals surface area contributed by atoms with Crippen LogP contribution in [-0.4, -0.2) is 39.3 Å². The summed E-state index contributed by atoms with van der Waals surface area (Å²) in [5.74, 6) is 1.13. The van der Waals surface area contributed by atoms with Crippen molar-refractivity contribution in [2.24, 2.45) is 0 Å². The number of aryl methyl sites for hydroxylation is 1. The summed E-state index contributed by atoms with van der Waals surface area (Å²) in [6.07, 6.45) is 0.594. The Hall–Kier alpha value is -4.06. The molecular weight excluding hydrogens is 402 g/mol. The Labute approximate surface area is 186 Å². The molecule has 0 aromatic heterocycles. The van der Waals surface area contributed by atoms with Crippen LogP contribution in [0.1, 0.15) is 22.3 Å². The third-order valence-corrected chi connectivity index (χ3v) is 5.91. The smallest absolute Gasteiger partial charge is 0.252 e. The molecule has 0 spiro atoms. The fourth-order valence-electron chi connectivity index (χ4n) is 4.14. The van der Waals surface area contributed by atoms with Crippen LogP contribution >= 0.6 is 0 Å². The standard InChI is InChI=1S/C26H23N3O3/c1-16-2-4-17(5-3-16)14-22-26(32)29-15-23(18-6-10-20(30)11-7-18)27-24(25(29)28-22)19-8-12-21(31)13-9-19/h2-13,22,28,30-31H,14-15H2,1H3/p+1. The van der Waals surface area contributed by atoms with Crippen LogP contribution in [0.3, 0.4) is 0 Å². The summed E-state index contributed by atoms with van der Waals surface area (Å²) in [6, 6.07) is 21.7. The molecule has 1 amide bonds. The van der Waals surface area contributed by atoms with Crippen LogP contribution in [-0.2, 0) is 11.2 Å². The molecule has 6 nitrogen and oxygen atoms in total. The van der Waals surface area contributed by atoms with E-state index < -0.39 is 0 Å². The van der Waals surface area contributed by atoms with Crippen LogP contribution in [0.25, 0.3) is 5.70 Å². The summed E-state index contributed by atoms with van der Waals surface area (Å²) in [7, 11) is 0. The molecule has 3 aromatic carbocycles. The van der Waals surface area contributed by atoms with Gasteiger partial charge in [0.15, 0.2) is 5.82 Å². The number of nitrogens with one attached hydrogen (secondary N) is 2. The van der Waals surface area contributed by atoms with Crippen molar-refractivity contribution < 1.29 is 20.0 Å². The molecule has 1 saturated heterocycles. The number of hydrogen-bond donors (Lipinski definition) is 4. The normalized spacial score (nSPS) is 17.8. The molecular formula is C26H24N3O3+. The van der Waals surface area contributed by atoms with Crippen molar-refractivity contribution in [3.63, 3.8) is 0 Å². The second-order valence-corrected chi connectivity index (χ2v) is 8.23. The van der Waals surface area contributed by atoms with Gasteiger partial charge in [-0.2, -0.15) is 0 Å². The van der Waals surface area contributed by atoms with E-state index in [4.69, 9.17) is 0 Å². The van der Waals surface area contributed by atoms with Gasteiger partial charge in [0.05, 0.1) is 5.56 Å². The van der Waals surface area contributed by atoms with Gasteiger partial charge in [0.1, 0.15) is 24.1 Å². The number of benzene rings is 3. The maximum absolute atomic E-state index is 13.4. The molecule has 0 radical (unpaired) electrons. The van der Waals surface area contributed by atoms with E-state index in [0.29, 0.717) is 13.0 Å². The summed E-state index contributed by atoms with van der Waals surface area (Å²) in [5, 5.41) is 22.8. The van der Waals surface area contributed by atoms with Gasteiger partial charge in [0.25, 0.3) is 11.6 Å². The summed E-state index contributed by atoms with van der Waals surface area (Å²) < 4.78 is 0. The number of fused-ring (bicyclic) bond motifs is 1. The first-order chi connectivity index (χ1) is 15.5. The van der Waals surface area contributed by atoms with Gasteiger partial charge >= 0.3 is 0 Å². The van der Waals surface area contributed by atoms with Crippen molar-refractivity contribution in [2.75, 3.05) is 6.54 Å². The van der Waals surface area contributed by atoms with Gasteiger partial charge in [-0.05, 0) is 61.0 Å². The average Bonchev–Trinajstić information content (AvgIpc) is 3.11. The lowest BCUT2D eigenvalue weighted by molar-refractivity contribution is -0.349. The molecule has 0 bridgehead atoms. The molecule has 2 heterocycles. The highest BCUT2D eigenvalue weighted by Gasteiger charge is 2.43. The van der Waals surface area contributed by atoms with Crippen LogP contribution < -0.4 is 10.3 Å². The zero-order valence-corrected chi connectivity index (χ0v) is 17.7. The van der Waals surface area contributed by atoms with Gasteiger partial charge in [-0.1, -0.05) is 29.8 Å². The maximum atomic E-state index is 13.4. The minimum atomic E-state index is -0.360. The van der Waals surface area contributed by atoms with Crippen molar-refractivity contribution in [3.8, 4) is 11.5 Å². The fourth-order valence-corrected chi connectivity index (χ4v) is 4.14. The number of phenols is 2. The molecule has 32 heavy (non-hydrogen) atoms. The molecule has 1 unspecified atom stereocenters. The molecule has 0 saturated carbocycles. The van der Waals surface area contributed by atoms with Crippen molar-refractivity contribution >= 4 is 17.3 Å². The number of hydrogen-bond acceptors (Lipinski definition) is 4. The second-order valence-electron chi connectivity index (χ2n) is 8.23. The number of carbonyl (C=O) groups excluding carboxylic acids is 1. The van der Waals surface area contributed by atoms with E-state index >= 15 is 0 Å². The van der Waals surface area contributed by atoms with Gasteiger partial charge in [-0.3, -0.25) is 9.69 Å². The van der Waals surface area contributed by atoms with Gasteiger partial charge < -0.3 is 15.5 Å². The summed E-state index contributed by atoms with van der Waals surface area (Å²) in [6.45, 7) is 2.45. The molecule has 1 fully saturated rings. The van der Waals surface area contributed by atoms with E-state index in [1.165, 1.54) is 5.56 Å². The van der Waals surface area contributed by atoms with Crippen LogP contribution in [0.5, 0.6) is 11.5 Å². The SMILES string of the molecule is Cc1ccc(CC2NC3=C(c4ccc(O)cc4)[NH+]=C(c4ccc(O)cc4)CN3C2=O)cc1. The highest BCUT2D eigenvalue weighted by molar-refractivity contribution is 6.03. The molecule has 3 aromatic rings. The Balaban J connectivity index is 1.53. The number of rotatable bonds is 4. The molecule has 2 aliphatic rings. The number of carbonyl (C=O) groups is 1. The van der Waals surface area contributed by atoms with Gasteiger partial charge in [0, 0.05) is 12.0 Å². The number of nitrogens with zero attached hydrogens (tertiary/aromatic N) is 1. The Morgan fingerprint density at radius 3 is 2.12 bits per heavy atom. The molecule has 4 N–H and O–H groups in total. The Kier molecular flexibility index (Phi) is 4.90. The molecule has 5 rings (SSSR count). The van der Waals surface area contributed by atoms with Crippen LogP contribution in [0.2, 0.25) is 0 Å². The van der Waals surface area contributed by atoms with Crippen LogP contribution in [0.15, 0.2) is 78.6 Å². The largest absolute Gasteiger partial charge is 0.508 e. The van der Waals surface area contributed by atoms with Gasteiger partial charge in [-0.15, -0.1) is 0 Å². The summed E-state index contributed by atoms with van der Waals surface area (Å²) >= 11 is 0. The zero-order chi connectivity index (χ0) is 22.2. The van der Waals surface area contributed by atoms with Crippen molar-refractivity contribution in [2.45, 2.75) is 19.4 Å². The predicted molar refractivity (Wildman–Crippen MR) is 122 cm³/mol. The lowest BCUT2D eigenvalue weighted by atomic mass is 10.0. The molecule has 160 valence electrons. The zero-order valence-electron chi connectivity index (χ0n) is 17.7. The van der Waals surface area contributed by atoms with E-state index in [2.05, 4.69) is 34.6 Å². The lowest BCUT2D eigenvalue weighted by Gasteiger charge is -2.20. The molecule has 6 heteroatoms. The Morgan fingerprint density at radius 1 is 0.906 bits per heavy atom. The molecule has 1 atom stereocenters. The van der Waals surface area contributed by atoms with Crippen molar-refractivity contribution in [3.05, 3.63) is 101 Å². The average molecular weight is 426 g/mol. The van der Waals surface area contributed by atoms with Crippen molar-refractivity contribution in [1.82, 2.24) is 10.2 Å². The first kappa shape index (κ1) is 19.9. The number of amides is 1. The highest BCUT2D eigenvalue weighted by Crippen LogP contribution is 2.26. The molecule has 2 aliphatic heterocycles. The quantitative estimate of drug-likeness (QED) is 0.511. The second kappa shape index (κ2) is 7.89. The van der Waals surface area contributed by atoms with E-state index in [1.807, 2.05) is 31.2 Å². The van der Waals surface area contributed by atoms with Gasteiger partial charge in [0.2, 0.25) is 5.71 Å². The lowest BCUT2D eigenvalue weighted by Crippen LogP contribution is -2.75. The van der Waals surface area contributed by atoms with Crippen LogP contribution in [0, 0.1) is 6.92 Å². The van der Waals surface area contributed by atoms with E-state index in [0.717, 1.165) is 33.9 Å². The third kappa shape index (κ3) is 3.71. The number of phenolic OH excluding ortho intramolecular Hbond substituents is 2. The monoisotopic (exact) mass is 426 g/mol. The Bertz CT molecular complexity index is 1230. The minimum Gasteiger partial charge on any atom is -0.508 e. The van der Waals surface area contributed by atoms with Crippen molar-refractivity contribution in [1.29, 1.82) is 0 Å². The van der Waals surface area contributed by atoms with E-state index in [1.54, 1.807) is 29.2 Å². The van der Waals surface area contributed by atoms with E-state index in [-0.39, 0.29) is 23.4 Å². The first-order valence-electron chi connectivity index (χ1n) is 10.6.